The minimum atomic E-state index is -4.80. The Hall–Kier alpha value is -0.408. The predicted octanol–water partition coefficient (Wildman–Crippen LogP) is -4.37. The number of carbonyl (C=O) groups is 4. The zero-order valence-corrected chi connectivity index (χ0v) is 31.9. The van der Waals surface area contributed by atoms with Gasteiger partial charge >= 0.3 is 37.1 Å². The van der Waals surface area contributed by atoms with E-state index < -0.39 is 61.0 Å². The summed E-state index contributed by atoms with van der Waals surface area (Å²) < 4.78 is 14.6. The molecule has 271 valence electrons. The second-order valence-corrected chi connectivity index (χ2v) is 14.4. The number of nitrogens with two attached hydrogens (primary N) is 2. The first-order valence-electron chi connectivity index (χ1n) is 12.0. The first kappa shape index (κ1) is 59.1. The molecule has 1 atom stereocenters. The maximum Gasteiger partial charge on any atom is 0.657 e. The van der Waals surface area contributed by atoms with Gasteiger partial charge < -0.3 is 78.9 Å². The third-order valence-electron chi connectivity index (χ3n) is 2.98. The van der Waals surface area contributed by atoms with Crippen molar-refractivity contribution in [2.24, 2.45) is 11.5 Å². The summed E-state index contributed by atoms with van der Waals surface area (Å²) in [5.74, 6) is -3.33. The molecule has 0 rings (SSSR count). The third-order valence-corrected chi connectivity index (χ3v) is 10.7. The molecular formula is C18H47N4O16Pd2Si4. The summed E-state index contributed by atoms with van der Waals surface area (Å²) >= 11 is 0. The van der Waals surface area contributed by atoms with E-state index in [1.54, 1.807) is 0 Å². The van der Waals surface area contributed by atoms with Crippen molar-refractivity contribution >= 4 is 61.0 Å². The number of nitrogens with one attached hydrogen (secondary N) is 2. The van der Waals surface area contributed by atoms with Gasteiger partial charge in [-0.05, 0) is 32.0 Å². The maximum absolute atomic E-state index is 10.3. The third kappa shape index (κ3) is 78.3. The fourth-order valence-corrected chi connectivity index (χ4v) is 8.75. The Morgan fingerprint density at radius 1 is 0.750 bits per heavy atom. The standard InChI is InChI=1S/C10H31N4O8Si4.4C2H4O2.2Pd/c11-3-7-13-5-1-9-24(16)21-26(18,19)22-25(17,20-23-15)10-2-6-14-8-4-12;4*1-2(3)4;;/h13-19H,1-12H2;4*1H3,(H,3,4);;. The normalized spacial score (nSPS) is 11.0. The number of rotatable bonds is 18. The molecule has 0 heterocycles. The fraction of sp³-hybridized carbons (Fsp3) is 0.778. The van der Waals surface area contributed by atoms with Crippen LogP contribution in [-0.2, 0) is 72.4 Å². The zero-order valence-electron chi connectivity index (χ0n) is 24.7. The van der Waals surface area contributed by atoms with Crippen LogP contribution in [0.3, 0.4) is 0 Å². The topological polar surface area (TPSA) is 354 Å². The molecule has 0 saturated carbocycles. The van der Waals surface area contributed by atoms with E-state index in [-0.39, 0.29) is 52.9 Å². The van der Waals surface area contributed by atoms with Crippen molar-refractivity contribution < 1.29 is 117 Å². The Morgan fingerprint density at radius 2 is 1.09 bits per heavy atom. The van der Waals surface area contributed by atoms with E-state index in [2.05, 4.69) is 10.6 Å². The van der Waals surface area contributed by atoms with Gasteiger partial charge in [0.25, 0.3) is 23.9 Å². The van der Waals surface area contributed by atoms with Crippen LogP contribution in [0.4, 0.5) is 0 Å². The van der Waals surface area contributed by atoms with Gasteiger partial charge in [0.05, 0.1) is 0 Å². The van der Waals surface area contributed by atoms with Crippen LogP contribution < -0.4 is 22.1 Å². The van der Waals surface area contributed by atoms with Gasteiger partial charge in [-0.2, -0.15) is 0 Å². The van der Waals surface area contributed by atoms with Crippen LogP contribution in [0.5, 0.6) is 0 Å². The minimum absolute atomic E-state index is 0. The molecule has 0 fully saturated rings. The summed E-state index contributed by atoms with van der Waals surface area (Å²) in [4.78, 5) is 84.9. The van der Waals surface area contributed by atoms with Crippen molar-refractivity contribution in [1.82, 2.24) is 10.6 Å². The van der Waals surface area contributed by atoms with Gasteiger partial charge in [-0.1, -0.05) is 0 Å². The summed E-state index contributed by atoms with van der Waals surface area (Å²) in [6, 6.07) is 0.209. The quantitative estimate of drug-likeness (QED) is 0.0456. The molecule has 0 aromatic heterocycles. The number of aliphatic carboxylic acids is 4. The molecule has 0 aromatic rings. The Morgan fingerprint density at radius 3 is 1.41 bits per heavy atom. The maximum atomic E-state index is 10.3. The van der Waals surface area contributed by atoms with E-state index in [0.717, 1.165) is 27.7 Å². The van der Waals surface area contributed by atoms with E-state index in [0.29, 0.717) is 52.1 Å². The molecule has 26 heteroatoms. The van der Waals surface area contributed by atoms with Crippen molar-refractivity contribution in [3.8, 4) is 0 Å². The number of carboxylic acids is 4. The van der Waals surface area contributed by atoms with Gasteiger partial charge in [0, 0.05) is 101 Å². The molecule has 0 aliphatic carbocycles. The number of hydrogen-bond acceptors (Lipinski definition) is 16. The van der Waals surface area contributed by atoms with Crippen LogP contribution in [-0.4, -0.2) is 145 Å². The molecule has 0 bridgehead atoms. The van der Waals surface area contributed by atoms with Crippen molar-refractivity contribution in [3.05, 3.63) is 0 Å². The summed E-state index contributed by atoms with van der Waals surface area (Å²) in [5.41, 5.74) is 10.7. The van der Waals surface area contributed by atoms with Gasteiger partial charge in [0.15, 0.2) is 0 Å². The first-order valence-corrected chi connectivity index (χ1v) is 18.1. The summed E-state index contributed by atoms with van der Waals surface area (Å²) in [7, 11) is -12.4. The van der Waals surface area contributed by atoms with Crippen molar-refractivity contribution in [3.63, 3.8) is 0 Å². The van der Waals surface area contributed by atoms with E-state index in [1.807, 2.05) is 0 Å². The Labute approximate surface area is 290 Å². The van der Waals surface area contributed by atoms with Crippen molar-refractivity contribution in [2.75, 3.05) is 39.3 Å². The van der Waals surface area contributed by atoms with Crippen LogP contribution in [0.2, 0.25) is 12.1 Å². The molecule has 0 aliphatic rings. The first-order chi connectivity index (χ1) is 19.2. The number of carboxylic acid groups (broad SMARTS) is 4. The Balaban J connectivity index is -0.000000125. The molecule has 20 nitrogen and oxygen atoms in total. The van der Waals surface area contributed by atoms with Crippen molar-refractivity contribution in [1.29, 1.82) is 0 Å². The summed E-state index contributed by atoms with van der Waals surface area (Å²) in [6.07, 6.45) is 0.958. The fourth-order valence-electron chi connectivity index (χ4n) is 1.88. The predicted molar refractivity (Wildman–Crippen MR) is 153 cm³/mol. The largest absolute Gasteiger partial charge is 0.657 e. The van der Waals surface area contributed by atoms with Crippen LogP contribution in [0.25, 0.3) is 0 Å². The second kappa shape index (κ2) is 40.6. The number of hydrogen-bond donors (Lipinski definition) is 13. The van der Waals surface area contributed by atoms with Crippen molar-refractivity contribution in [2.45, 2.75) is 52.6 Å². The van der Waals surface area contributed by atoms with Crippen LogP contribution in [0, 0.1) is 0 Å². The molecule has 44 heavy (non-hydrogen) atoms. The molecule has 0 spiro atoms. The van der Waals surface area contributed by atoms with Gasteiger partial charge in [-0.15, -0.1) is 0 Å². The molecule has 1 unspecified atom stereocenters. The van der Waals surface area contributed by atoms with E-state index in [4.69, 9.17) is 68.2 Å². The molecule has 3 radical (unpaired) electrons. The summed E-state index contributed by atoms with van der Waals surface area (Å²) in [6.45, 7) is 7.65. The smallest absolute Gasteiger partial charge is 0.481 e. The minimum Gasteiger partial charge on any atom is -0.481 e. The zero-order chi connectivity index (χ0) is 34.2. The van der Waals surface area contributed by atoms with Crippen LogP contribution >= 0.6 is 0 Å². The van der Waals surface area contributed by atoms with Gasteiger partial charge in [-0.25, -0.2) is 0 Å². The van der Waals surface area contributed by atoms with Gasteiger partial charge in [0.1, 0.15) is 0 Å². The van der Waals surface area contributed by atoms with E-state index in [1.165, 1.54) is 0 Å². The van der Waals surface area contributed by atoms with E-state index in [9.17, 15) is 19.2 Å². The molecule has 0 saturated heterocycles. The Kier molecular flexibility index (Phi) is 54.5. The average Bonchev–Trinajstić information content (AvgIpc) is 2.76. The molecule has 0 aliphatic heterocycles. The molecule has 0 aromatic carbocycles. The molecular weight excluding hydrogens is 853 g/mol. The summed E-state index contributed by atoms with van der Waals surface area (Å²) in [5, 5.41) is 35.7. The monoisotopic (exact) mass is 899 g/mol. The molecule has 0 amide bonds. The second-order valence-electron chi connectivity index (χ2n) is 7.41. The van der Waals surface area contributed by atoms with Gasteiger partial charge in [0.2, 0.25) is 0 Å². The average molecular weight is 901 g/mol. The molecule has 15 N–H and O–H groups in total. The van der Waals surface area contributed by atoms with Gasteiger partial charge in [-0.3, -0.25) is 19.2 Å². The van der Waals surface area contributed by atoms with E-state index >= 15 is 0 Å². The Bertz CT molecular complexity index is 635. The van der Waals surface area contributed by atoms with Crippen LogP contribution in [0.1, 0.15) is 40.5 Å². The SMILES string of the molecule is CC(=O)O.CC(=O)O.CC(=O)O.CC(=O)O.NCCNCCC[Si](O)O[Si](O)(O)O[Si](O)(CCCNCCN)O[Si]O.[Pd].[Pd]. The van der Waals surface area contributed by atoms with Crippen LogP contribution in [0.15, 0.2) is 0 Å².